The van der Waals surface area contributed by atoms with Crippen LogP contribution >= 0.6 is 0 Å². The molecule has 82 valence electrons. The molecule has 0 unspecified atom stereocenters. The molecule has 0 radical (unpaired) electrons. The van der Waals surface area contributed by atoms with Gasteiger partial charge in [-0.05, 0) is 36.5 Å². The Morgan fingerprint density at radius 2 is 1.93 bits per heavy atom. The zero-order valence-corrected chi connectivity index (χ0v) is 9.02. The highest BCUT2D eigenvalue weighted by Crippen LogP contribution is 2.33. The van der Waals surface area contributed by atoms with Gasteiger partial charge in [-0.1, -0.05) is 31.4 Å². The van der Waals surface area contributed by atoms with E-state index >= 15 is 0 Å². The van der Waals surface area contributed by atoms with Crippen LogP contribution in [0.4, 0.5) is 0 Å². The van der Waals surface area contributed by atoms with E-state index in [4.69, 9.17) is 5.73 Å². The Hall–Kier alpha value is -1.02. The minimum Gasteiger partial charge on any atom is -0.508 e. The third-order valence-corrected chi connectivity index (χ3v) is 3.41. The molecular weight excluding hydrogens is 186 g/mol. The van der Waals surface area contributed by atoms with Gasteiger partial charge in [-0.15, -0.1) is 0 Å². The summed E-state index contributed by atoms with van der Waals surface area (Å²) < 4.78 is 0. The minimum absolute atomic E-state index is 0.0948. The molecule has 2 heteroatoms. The summed E-state index contributed by atoms with van der Waals surface area (Å²) in [7, 11) is 0. The number of benzene rings is 1. The summed E-state index contributed by atoms with van der Waals surface area (Å²) in [5, 5.41) is 9.40. The van der Waals surface area contributed by atoms with E-state index in [1.165, 1.54) is 32.1 Å². The van der Waals surface area contributed by atoms with Crippen molar-refractivity contribution in [3.8, 4) is 5.75 Å². The summed E-state index contributed by atoms with van der Waals surface area (Å²) >= 11 is 0. The number of phenols is 1. The molecule has 1 saturated carbocycles. The standard InChI is InChI=1S/C13H19NO/c14-13(10-5-2-1-3-6-10)11-7-4-8-12(15)9-11/h4,7-10,13,15H,1-3,5-6,14H2/t13-/m0/s1. The van der Waals surface area contributed by atoms with Crippen molar-refractivity contribution < 1.29 is 5.11 Å². The second-order valence-electron chi connectivity index (χ2n) is 4.52. The van der Waals surface area contributed by atoms with Crippen LogP contribution in [0.15, 0.2) is 24.3 Å². The summed E-state index contributed by atoms with van der Waals surface area (Å²) in [6.07, 6.45) is 6.42. The van der Waals surface area contributed by atoms with Crippen molar-refractivity contribution in [1.29, 1.82) is 0 Å². The fourth-order valence-electron chi connectivity index (χ4n) is 2.50. The van der Waals surface area contributed by atoms with Gasteiger partial charge in [-0.25, -0.2) is 0 Å². The highest BCUT2D eigenvalue weighted by atomic mass is 16.3. The van der Waals surface area contributed by atoms with E-state index in [0.717, 1.165) is 5.56 Å². The molecule has 2 rings (SSSR count). The number of phenolic OH excluding ortho intramolecular Hbond substituents is 1. The number of hydrogen-bond donors (Lipinski definition) is 2. The van der Waals surface area contributed by atoms with Gasteiger partial charge in [-0.3, -0.25) is 0 Å². The fraction of sp³-hybridized carbons (Fsp3) is 0.538. The molecule has 15 heavy (non-hydrogen) atoms. The molecule has 1 atom stereocenters. The molecule has 1 fully saturated rings. The van der Waals surface area contributed by atoms with Gasteiger partial charge < -0.3 is 10.8 Å². The second-order valence-corrected chi connectivity index (χ2v) is 4.52. The maximum Gasteiger partial charge on any atom is 0.115 e. The molecule has 1 aliphatic carbocycles. The molecule has 0 aliphatic heterocycles. The highest BCUT2D eigenvalue weighted by molar-refractivity contribution is 5.29. The Kier molecular flexibility index (Phi) is 3.27. The van der Waals surface area contributed by atoms with Crippen LogP contribution in [-0.2, 0) is 0 Å². The first kappa shape index (κ1) is 10.5. The molecule has 1 aromatic carbocycles. The van der Waals surface area contributed by atoms with Gasteiger partial charge in [0.1, 0.15) is 5.75 Å². The van der Waals surface area contributed by atoms with Crippen molar-refractivity contribution >= 4 is 0 Å². The SMILES string of the molecule is N[C@H](c1cccc(O)c1)C1CCCCC1. The smallest absolute Gasteiger partial charge is 0.115 e. The maximum absolute atomic E-state index is 9.40. The predicted molar refractivity (Wildman–Crippen MR) is 61.6 cm³/mol. The lowest BCUT2D eigenvalue weighted by Crippen LogP contribution is -2.23. The Labute approximate surface area is 91.1 Å². The first-order valence-electron chi connectivity index (χ1n) is 5.82. The number of hydrogen-bond acceptors (Lipinski definition) is 2. The maximum atomic E-state index is 9.40. The minimum atomic E-state index is 0.0948. The third kappa shape index (κ3) is 2.51. The average Bonchev–Trinajstić information content (AvgIpc) is 2.29. The monoisotopic (exact) mass is 205 g/mol. The number of rotatable bonds is 2. The second kappa shape index (κ2) is 4.67. The fourth-order valence-corrected chi connectivity index (χ4v) is 2.50. The molecule has 0 amide bonds. The van der Waals surface area contributed by atoms with Gasteiger partial charge in [0.2, 0.25) is 0 Å². The summed E-state index contributed by atoms with van der Waals surface area (Å²) in [4.78, 5) is 0. The van der Waals surface area contributed by atoms with Crippen molar-refractivity contribution in [2.75, 3.05) is 0 Å². The van der Waals surface area contributed by atoms with E-state index in [1.807, 2.05) is 12.1 Å². The molecule has 0 heterocycles. The Bertz CT molecular complexity index is 318. The zero-order chi connectivity index (χ0) is 10.7. The molecule has 1 aromatic rings. The lowest BCUT2D eigenvalue weighted by molar-refractivity contribution is 0.307. The van der Waals surface area contributed by atoms with E-state index in [1.54, 1.807) is 12.1 Å². The van der Waals surface area contributed by atoms with E-state index in [-0.39, 0.29) is 6.04 Å². The van der Waals surface area contributed by atoms with Crippen molar-refractivity contribution in [1.82, 2.24) is 0 Å². The van der Waals surface area contributed by atoms with E-state index in [9.17, 15) is 5.11 Å². The molecule has 2 nitrogen and oxygen atoms in total. The normalized spacial score (nSPS) is 20.1. The first-order valence-corrected chi connectivity index (χ1v) is 5.82. The summed E-state index contributed by atoms with van der Waals surface area (Å²) in [6.45, 7) is 0. The van der Waals surface area contributed by atoms with Gasteiger partial charge in [0, 0.05) is 6.04 Å². The zero-order valence-electron chi connectivity index (χ0n) is 9.02. The Balaban J connectivity index is 2.08. The molecule has 0 bridgehead atoms. The molecular formula is C13H19NO. The first-order chi connectivity index (χ1) is 7.27. The van der Waals surface area contributed by atoms with Crippen LogP contribution in [0.2, 0.25) is 0 Å². The topological polar surface area (TPSA) is 46.2 Å². The molecule has 0 saturated heterocycles. The molecule has 0 aromatic heterocycles. The van der Waals surface area contributed by atoms with Crippen molar-refractivity contribution in [3.05, 3.63) is 29.8 Å². The molecule has 0 spiro atoms. The van der Waals surface area contributed by atoms with Gasteiger partial charge >= 0.3 is 0 Å². The van der Waals surface area contributed by atoms with Crippen LogP contribution in [0.5, 0.6) is 5.75 Å². The number of aromatic hydroxyl groups is 1. The van der Waals surface area contributed by atoms with Crippen molar-refractivity contribution in [2.45, 2.75) is 38.1 Å². The van der Waals surface area contributed by atoms with Gasteiger partial charge in [0.15, 0.2) is 0 Å². The Morgan fingerprint density at radius 1 is 1.20 bits per heavy atom. The summed E-state index contributed by atoms with van der Waals surface area (Å²) in [6, 6.07) is 7.46. The van der Waals surface area contributed by atoms with Crippen LogP contribution in [0.25, 0.3) is 0 Å². The lowest BCUT2D eigenvalue weighted by atomic mass is 9.81. The third-order valence-electron chi connectivity index (χ3n) is 3.41. The van der Waals surface area contributed by atoms with Gasteiger partial charge in [0.25, 0.3) is 0 Å². The van der Waals surface area contributed by atoms with E-state index in [0.29, 0.717) is 11.7 Å². The predicted octanol–water partition coefficient (Wildman–Crippen LogP) is 2.97. The van der Waals surface area contributed by atoms with Crippen LogP contribution in [0, 0.1) is 5.92 Å². The van der Waals surface area contributed by atoms with Crippen LogP contribution in [0.1, 0.15) is 43.7 Å². The van der Waals surface area contributed by atoms with E-state index < -0.39 is 0 Å². The van der Waals surface area contributed by atoms with Crippen LogP contribution in [0.3, 0.4) is 0 Å². The lowest BCUT2D eigenvalue weighted by Gasteiger charge is -2.27. The van der Waals surface area contributed by atoms with Crippen molar-refractivity contribution in [2.24, 2.45) is 11.7 Å². The Morgan fingerprint density at radius 3 is 2.60 bits per heavy atom. The van der Waals surface area contributed by atoms with Crippen molar-refractivity contribution in [3.63, 3.8) is 0 Å². The van der Waals surface area contributed by atoms with Crippen LogP contribution in [-0.4, -0.2) is 5.11 Å². The highest BCUT2D eigenvalue weighted by Gasteiger charge is 2.21. The largest absolute Gasteiger partial charge is 0.508 e. The summed E-state index contributed by atoms with van der Waals surface area (Å²) in [5.74, 6) is 0.916. The molecule has 1 aliphatic rings. The summed E-state index contributed by atoms with van der Waals surface area (Å²) in [5.41, 5.74) is 7.30. The van der Waals surface area contributed by atoms with Gasteiger partial charge in [-0.2, -0.15) is 0 Å². The van der Waals surface area contributed by atoms with Gasteiger partial charge in [0.05, 0.1) is 0 Å². The van der Waals surface area contributed by atoms with E-state index in [2.05, 4.69) is 0 Å². The average molecular weight is 205 g/mol. The quantitative estimate of drug-likeness (QED) is 0.779. The molecule has 3 N–H and O–H groups in total. The van der Waals surface area contributed by atoms with Crippen LogP contribution < -0.4 is 5.73 Å². The number of nitrogens with two attached hydrogens (primary N) is 1.